The predicted octanol–water partition coefficient (Wildman–Crippen LogP) is 7.41. The van der Waals surface area contributed by atoms with Crippen molar-refractivity contribution in [3.05, 3.63) is 113 Å². The molecule has 10 nitrogen and oxygen atoms in total. The summed E-state index contributed by atoms with van der Waals surface area (Å²) in [4.78, 5) is 31.9. The molecule has 0 aromatic heterocycles. The van der Waals surface area contributed by atoms with Gasteiger partial charge in [0.25, 0.3) is 0 Å². The Balaban J connectivity index is 1.06. The summed E-state index contributed by atoms with van der Waals surface area (Å²) in [6, 6.07) is 29.6. The summed E-state index contributed by atoms with van der Waals surface area (Å²) < 4.78 is 31.2. The van der Waals surface area contributed by atoms with Crippen molar-refractivity contribution in [1.29, 1.82) is 0 Å². The highest BCUT2D eigenvalue weighted by atomic mass is 32.2. The second kappa shape index (κ2) is 16.1. The lowest BCUT2D eigenvalue weighted by Gasteiger charge is -2.36. The lowest BCUT2D eigenvalue weighted by Crippen LogP contribution is -2.50. The van der Waals surface area contributed by atoms with E-state index >= 15 is 0 Å². The molecule has 0 saturated carbocycles. The van der Waals surface area contributed by atoms with E-state index in [1.807, 2.05) is 29.2 Å². The van der Waals surface area contributed by atoms with Crippen molar-refractivity contribution in [3.8, 4) is 11.1 Å². The molecule has 1 amide bonds. The molecule has 2 aliphatic rings. The van der Waals surface area contributed by atoms with Crippen LogP contribution in [0.4, 0.5) is 17.1 Å². The minimum atomic E-state index is -4.04. The SMILES string of the molecule is CC(C)(C)c1ccc(N2CCN(C(=O)CCc3cccc(-c4ccc(C(=O)O)c(NS(=O)(=O)N5CCN(c6ccc(C(C)(C)C)cc6)CC5)c4)c3)CC2)cc1. The summed E-state index contributed by atoms with van der Waals surface area (Å²) >= 11 is 0. The van der Waals surface area contributed by atoms with E-state index in [1.54, 1.807) is 12.1 Å². The number of hydrogen-bond donors (Lipinski definition) is 2. The predicted molar refractivity (Wildman–Crippen MR) is 223 cm³/mol. The molecular weight excluding hydrogens is 711 g/mol. The molecule has 11 heteroatoms. The van der Waals surface area contributed by atoms with Crippen molar-refractivity contribution >= 4 is 39.1 Å². The van der Waals surface area contributed by atoms with Gasteiger partial charge in [-0.1, -0.05) is 96.1 Å². The van der Waals surface area contributed by atoms with Gasteiger partial charge in [0.05, 0.1) is 11.3 Å². The molecule has 2 saturated heterocycles. The summed E-state index contributed by atoms with van der Waals surface area (Å²) in [5, 5.41) is 9.95. The highest BCUT2D eigenvalue weighted by molar-refractivity contribution is 7.90. The number of anilines is 3. The van der Waals surface area contributed by atoms with Crippen LogP contribution in [0, 0.1) is 0 Å². The minimum absolute atomic E-state index is 0.00932. The third kappa shape index (κ3) is 9.69. The fourth-order valence-corrected chi connectivity index (χ4v) is 8.48. The Labute approximate surface area is 326 Å². The first-order valence-corrected chi connectivity index (χ1v) is 20.7. The van der Waals surface area contributed by atoms with E-state index in [2.05, 4.69) is 105 Å². The molecular formula is C44H55N5O5S. The van der Waals surface area contributed by atoms with Gasteiger partial charge in [0.1, 0.15) is 0 Å². The van der Waals surface area contributed by atoms with Crippen LogP contribution >= 0.6 is 0 Å². The Kier molecular flexibility index (Phi) is 11.6. The normalized spacial score (nSPS) is 15.9. The van der Waals surface area contributed by atoms with Gasteiger partial charge in [0, 0.05) is 70.2 Å². The number of carboxylic acid groups (broad SMARTS) is 1. The van der Waals surface area contributed by atoms with Crippen molar-refractivity contribution in [2.24, 2.45) is 0 Å². The van der Waals surface area contributed by atoms with Crippen LogP contribution in [-0.2, 0) is 32.3 Å². The Morgan fingerprint density at radius 2 is 1.16 bits per heavy atom. The third-order valence-corrected chi connectivity index (χ3v) is 12.3. The molecule has 0 aliphatic carbocycles. The number of benzene rings is 4. The van der Waals surface area contributed by atoms with Gasteiger partial charge in [-0.15, -0.1) is 0 Å². The lowest BCUT2D eigenvalue weighted by atomic mass is 9.87. The number of carbonyl (C=O) groups is 2. The molecule has 0 unspecified atom stereocenters. The van der Waals surface area contributed by atoms with Crippen molar-refractivity contribution < 1.29 is 23.1 Å². The van der Waals surface area contributed by atoms with Crippen molar-refractivity contribution in [2.75, 3.05) is 66.9 Å². The van der Waals surface area contributed by atoms with Gasteiger partial charge in [0.2, 0.25) is 5.91 Å². The van der Waals surface area contributed by atoms with Gasteiger partial charge in [-0.25, -0.2) is 4.79 Å². The van der Waals surface area contributed by atoms with Crippen LogP contribution in [0.1, 0.15) is 75.0 Å². The van der Waals surface area contributed by atoms with E-state index in [9.17, 15) is 23.1 Å². The van der Waals surface area contributed by atoms with Crippen LogP contribution in [0.2, 0.25) is 0 Å². The van der Waals surface area contributed by atoms with Gasteiger partial charge in [-0.2, -0.15) is 12.7 Å². The first-order valence-electron chi connectivity index (χ1n) is 19.2. The van der Waals surface area contributed by atoms with E-state index in [4.69, 9.17) is 0 Å². The minimum Gasteiger partial charge on any atom is -0.478 e. The quantitative estimate of drug-likeness (QED) is 0.173. The second-order valence-corrected chi connectivity index (χ2v) is 18.4. The van der Waals surface area contributed by atoms with Gasteiger partial charge >= 0.3 is 16.2 Å². The second-order valence-electron chi connectivity index (χ2n) is 16.7. The zero-order valence-electron chi connectivity index (χ0n) is 33.0. The summed E-state index contributed by atoms with van der Waals surface area (Å²) in [7, 11) is -4.04. The van der Waals surface area contributed by atoms with Crippen LogP contribution in [0.15, 0.2) is 91.0 Å². The fourth-order valence-electron chi connectivity index (χ4n) is 7.26. The van der Waals surface area contributed by atoms with Gasteiger partial charge in [-0.3, -0.25) is 9.52 Å². The number of hydrogen-bond acceptors (Lipinski definition) is 6. The average molecular weight is 766 g/mol. The lowest BCUT2D eigenvalue weighted by molar-refractivity contribution is -0.131. The van der Waals surface area contributed by atoms with Crippen LogP contribution < -0.4 is 14.5 Å². The van der Waals surface area contributed by atoms with Crippen molar-refractivity contribution in [3.63, 3.8) is 0 Å². The first kappa shape index (κ1) is 39.8. The van der Waals surface area contributed by atoms with Gasteiger partial charge in [0.15, 0.2) is 0 Å². The average Bonchev–Trinajstić information content (AvgIpc) is 3.16. The summed E-state index contributed by atoms with van der Waals surface area (Å²) in [5.74, 6) is -1.10. The van der Waals surface area contributed by atoms with Crippen LogP contribution in [0.3, 0.4) is 0 Å². The van der Waals surface area contributed by atoms with Gasteiger partial charge < -0.3 is 19.8 Å². The molecule has 0 atom stereocenters. The number of piperazine rings is 2. The molecule has 2 fully saturated rings. The molecule has 2 heterocycles. The van der Waals surface area contributed by atoms with E-state index in [-0.39, 0.29) is 41.1 Å². The molecule has 0 radical (unpaired) electrons. The highest BCUT2D eigenvalue weighted by Crippen LogP contribution is 2.30. The number of amides is 1. The highest BCUT2D eigenvalue weighted by Gasteiger charge is 2.29. The van der Waals surface area contributed by atoms with E-state index in [0.717, 1.165) is 29.9 Å². The van der Waals surface area contributed by atoms with Crippen molar-refractivity contribution in [1.82, 2.24) is 9.21 Å². The van der Waals surface area contributed by atoms with E-state index < -0.39 is 16.2 Å². The molecule has 0 bridgehead atoms. The molecule has 6 rings (SSSR count). The zero-order chi connectivity index (χ0) is 39.5. The Bertz CT molecular complexity index is 2090. The number of aromatic carboxylic acids is 1. The molecule has 2 aliphatic heterocycles. The van der Waals surface area contributed by atoms with Crippen LogP contribution in [0.5, 0.6) is 0 Å². The standard InChI is InChI=1S/C44H55N5O5S/c1-43(2,3)35-12-16-37(17-13-35)46-22-24-48(25-23-46)41(50)21-10-32-8-7-9-33(30-32)34-11-20-39(42(51)52)40(31-34)45-55(53,54)49-28-26-47(27-29-49)38-18-14-36(15-19-38)44(4,5)6/h7-9,11-20,30-31,45H,10,21-29H2,1-6H3,(H,51,52). The Morgan fingerprint density at radius 3 is 1.67 bits per heavy atom. The number of rotatable bonds is 10. The monoisotopic (exact) mass is 765 g/mol. The van der Waals surface area contributed by atoms with Gasteiger partial charge in [-0.05, 0) is 81.5 Å². The Hall–Kier alpha value is -4.87. The summed E-state index contributed by atoms with van der Waals surface area (Å²) in [6.45, 7) is 17.6. The topological polar surface area (TPSA) is 114 Å². The zero-order valence-corrected chi connectivity index (χ0v) is 33.8. The number of carbonyl (C=O) groups excluding carboxylic acids is 1. The molecule has 55 heavy (non-hydrogen) atoms. The molecule has 292 valence electrons. The third-order valence-electron chi connectivity index (χ3n) is 10.8. The maximum absolute atomic E-state index is 13.6. The number of aryl methyl sites for hydroxylation is 1. The summed E-state index contributed by atoms with van der Waals surface area (Å²) in [6.07, 6.45) is 0.933. The number of nitrogens with one attached hydrogen (secondary N) is 1. The first-order chi connectivity index (χ1) is 26.0. The number of carboxylic acids is 1. The van der Waals surface area contributed by atoms with Crippen molar-refractivity contribution in [2.45, 2.75) is 65.2 Å². The molecule has 2 N–H and O–H groups in total. The maximum atomic E-state index is 13.6. The molecule has 4 aromatic rings. The summed E-state index contributed by atoms with van der Waals surface area (Å²) in [5.41, 5.74) is 7.24. The van der Waals surface area contributed by atoms with Crippen LogP contribution in [-0.4, -0.2) is 87.0 Å². The smallest absolute Gasteiger partial charge is 0.337 e. The number of nitrogens with zero attached hydrogens (tertiary/aromatic N) is 4. The van der Waals surface area contributed by atoms with E-state index in [1.165, 1.54) is 27.2 Å². The molecule has 4 aromatic carbocycles. The largest absolute Gasteiger partial charge is 0.478 e. The van der Waals surface area contributed by atoms with E-state index in [0.29, 0.717) is 44.6 Å². The van der Waals surface area contributed by atoms with Crippen LogP contribution in [0.25, 0.3) is 11.1 Å². The molecule has 0 spiro atoms. The maximum Gasteiger partial charge on any atom is 0.337 e. The fraction of sp³-hybridized carbons (Fsp3) is 0.409. The Morgan fingerprint density at radius 1 is 0.655 bits per heavy atom.